The Morgan fingerprint density at radius 3 is 3.07 bits per heavy atom. The molecule has 2 N–H and O–H groups in total. The van der Waals surface area contributed by atoms with Crippen LogP contribution in [0.4, 0.5) is 0 Å². The highest BCUT2D eigenvalue weighted by atomic mass is 32.1. The fraction of sp³-hybridized carbons (Fsp3) is 0.700. The molecule has 1 heterocycles. The molecule has 1 aromatic rings. The predicted octanol–water partition coefficient (Wildman–Crippen LogP) is 0.939. The number of nitrogens with zero attached hydrogens (tertiary/aromatic N) is 1. The van der Waals surface area contributed by atoms with Crippen LogP contribution in [0.5, 0.6) is 0 Å². The summed E-state index contributed by atoms with van der Waals surface area (Å²) in [6, 6.07) is 0. The summed E-state index contributed by atoms with van der Waals surface area (Å²) in [7, 11) is 1.59. The van der Waals surface area contributed by atoms with Crippen molar-refractivity contribution in [1.82, 2.24) is 10.3 Å². The number of aliphatic hydroxyl groups excluding tert-OH is 1. The number of aliphatic hydroxyl groups is 1. The molecule has 1 rings (SSSR count). The normalized spacial score (nSPS) is 13.0. The van der Waals surface area contributed by atoms with Gasteiger partial charge in [-0.1, -0.05) is 0 Å². The summed E-state index contributed by atoms with van der Waals surface area (Å²) in [4.78, 5) is 4.33. The molecule has 0 spiro atoms. The van der Waals surface area contributed by atoms with Gasteiger partial charge in [0.1, 0.15) is 5.01 Å². The summed E-state index contributed by atoms with van der Waals surface area (Å²) in [5.41, 5.74) is 1.07. The maximum absolute atomic E-state index is 9.37. The van der Waals surface area contributed by atoms with Crippen LogP contribution in [0.3, 0.4) is 0 Å². The lowest BCUT2D eigenvalue weighted by molar-refractivity contribution is 0.0594. The second kappa shape index (κ2) is 6.90. The average molecular weight is 230 g/mol. The van der Waals surface area contributed by atoms with Crippen LogP contribution in [0, 0.1) is 6.92 Å². The van der Waals surface area contributed by atoms with E-state index >= 15 is 0 Å². The van der Waals surface area contributed by atoms with Crippen LogP contribution in [0.1, 0.15) is 17.1 Å². The third-order valence-corrected chi connectivity index (χ3v) is 2.92. The van der Waals surface area contributed by atoms with Crippen molar-refractivity contribution in [2.45, 2.75) is 26.0 Å². The van der Waals surface area contributed by atoms with Gasteiger partial charge in [-0.2, -0.15) is 0 Å². The van der Waals surface area contributed by atoms with E-state index in [0.717, 1.165) is 23.8 Å². The van der Waals surface area contributed by atoms with Crippen molar-refractivity contribution in [1.29, 1.82) is 0 Å². The van der Waals surface area contributed by atoms with Crippen molar-refractivity contribution in [3.8, 4) is 0 Å². The van der Waals surface area contributed by atoms with Crippen LogP contribution in [0.15, 0.2) is 5.38 Å². The highest BCUT2D eigenvalue weighted by Crippen LogP contribution is 2.07. The Balaban J connectivity index is 2.06. The first-order chi connectivity index (χ1) is 7.22. The molecule has 0 aliphatic heterocycles. The van der Waals surface area contributed by atoms with Gasteiger partial charge in [-0.25, -0.2) is 4.98 Å². The van der Waals surface area contributed by atoms with E-state index in [4.69, 9.17) is 4.74 Å². The van der Waals surface area contributed by atoms with E-state index in [1.54, 1.807) is 18.4 Å². The first-order valence-electron chi connectivity index (χ1n) is 5.01. The second-order valence-corrected chi connectivity index (χ2v) is 4.40. The number of hydrogen-bond acceptors (Lipinski definition) is 5. The highest BCUT2D eigenvalue weighted by Gasteiger charge is 2.03. The minimum absolute atomic E-state index is 0.375. The Hall–Kier alpha value is -0.490. The Morgan fingerprint density at radius 2 is 2.47 bits per heavy atom. The third kappa shape index (κ3) is 5.22. The molecule has 0 fully saturated rings. The largest absolute Gasteiger partial charge is 0.391 e. The van der Waals surface area contributed by atoms with Gasteiger partial charge in [0.05, 0.1) is 12.7 Å². The second-order valence-electron chi connectivity index (χ2n) is 3.46. The summed E-state index contributed by atoms with van der Waals surface area (Å²) in [6.07, 6.45) is 0.332. The van der Waals surface area contributed by atoms with Gasteiger partial charge in [0.15, 0.2) is 0 Å². The van der Waals surface area contributed by atoms with Crippen molar-refractivity contribution in [2.24, 2.45) is 0 Å². The molecule has 86 valence electrons. The van der Waals surface area contributed by atoms with Crippen molar-refractivity contribution >= 4 is 11.3 Å². The molecule has 0 aliphatic rings. The van der Waals surface area contributed by atoms with Crippen molar-refractivity contribution in [2.75, 3.05) is 20.3 Å². The Bertz CT molecular complexity index is 278. The maximum atomic E-state index is 9.37. The van der Waals surface area contributed by atoms with Crippen LogP contribution in [-0.2, 0) is 11.3 Å². The summed E-state index contributed by atoms with van der Waals surface area (Å²) >= 11 is 1.66. The van der Waals surface area contributed by atoms with Crippen LogP contribution < -0.4 is 5.32 Å². The molecule has 0 aromatic carbocycles. The van der Waals surface area contributed by atoms with Gasteiger partial charge in [-0.05, 0) is 19.9 Å². The molecule has 0 saturated heterocycles. The number of methoxy groups -OCH3 is 1. The lowest BCUT2D eigenvalue weighted by Crippen LogP contribution is -2.22. The lowest BCUT2D eigenvalue weighted by Gasteiger charge is -2.09. The zero-order chi connectivity index (χ0) is 11.1. The number of thiazole rings is 1. The Morgan fingerprint density at radius 1 is 1.67 bits per heavy atom. The molecule has 15 heavy (non-hydrogen) atoms. The molecule has 0 radical (unpaired) electrons. The molecule has 1 aromatic heterocycles. The highest BCUT2D eigenvalue weighted by molar-refractivity contribution is 7.09. The fourth-order valence-corrected chi connectivity index (χ4v) is 1.96. The standard InChI is InChI=1S/C10H18N2O2S/c1-8-7-15-10(12-8)5-11-4-3-9(13)6-14-2/h7,9,11,13H,3-6H2,1-2H3. The van der Waals surface area contributed by atoms with E-state index < -0.39 is 0 Å². The lowest BCUT2D eigenvalue weighted by atomic mass is 10.3. The molecule has 0 saturated carbocycles. The summed E-state index contributed by atoms with van der Waals surface area (Å²) in [5.74, 6) is 0. The maximum Gasteiger partial charge on any atom is 0.107 e. The number of aryl methyl sites for hydroxylation is 1. The summed E-state index contributed by atoms with van der Waals surface area (Å²) < 4.78 is 4.83. The van der Waals surface area contributed by atoms with E-state index in [-0.39, 0.29) is 6.10 Å². The zero-order valence-corrected chi connectivity index (χ0v) is 10.0. The van der Waals surface area contributed by atoms with Gasteiger partial charge in [-0.3, -0.25) is 0 Å². The molecule has 1 atom stereocenters. The van der Waals surface area contributed by atoms with Crippen LogP contribution in [0.2, 0.25) is 0 Å². The molecule has 1 unspecified atom stereocenters. The monoisotopic (exact) mass is 230 g/mol. The zero-order valence-electron chi connectivity index (χ0n) is 9.19. The van der Waals surface area contributed by atoms with E-state index in [2.05, 4.69) is 10.3 Å². The van der Waals surface area contributed by atoms with Gasteiger partial charge in [-0.15, -0.1) is 11.3 Å². The predicted molar refractivity (Wildman–Crippen MR) is 61.1 cm³/mol. The molecule has 0 aliphatic carbocycles. The van der Waals surface area contributed by atoms with E-state index in [0.29, 0.717) is 13.0 Å². The molecule has 0 bridgehead atoms. The smallest absolute Gasteiger partial charge is 0.107 e. The number of rotatable bonds is 7. The van der Waals surface area contributed by atoms with Gasteiger partial charge >= 0.3 is 0 Å². The topological polar surface area (TPSA) is 54.4 Å². The SMILES string of the molecule is COCC(O)CCNCc1nc(C)cs1. The number of nitrogens with one attached hydrogen (secondary N) is 1. The number of hydrogen-bond donors (Lipinski definition) is 2. The van der Waals surface area contributed by atoms with Crippen molar-refractivity contribution in [3.05, 3.63) is 16.1 Å². The van der Waals surface area contributed by atoms with Gasteiger partial charge in [0, 0.05) is 24.7 Å². The van der Waals surface area contributed by atoms with Crippen LogP contribution >= 0.6 is 11.3 Å². The minimum atomic E-state index is -0.375. The van der Waals surface area contributed by atoms with Crippen molar-refractivity contribution < 1.29 is 9.84 Å². The molecule has 0 amide bonds. The Kier molecular flexibility index (Phi) is 5.78. The fourth-order valence-electron chi connectivity index (χ4n) is 1.22. The number of aromatic nitrogens is 1. The average Bonchev–Trinajstić information content (AvgIpc) is 2.60. The van der Waals surface area contributed by atoms with E-state index in [9.17, 15) is 5.11 Å². The quantitative estimate of drug-likeness (QED) is 0.684. The number of ether oxygens (including phenoxy) is 1. The van der Waals surface area contributed by atoms with Gasteiger partial charge < -0.3 is 15.2 Å². The first kappa shape index (κ1) is 12.6. The van der Waals surface area contributed by atoms with E-state index in [1.807, 2.05) is 12.3 Å². The molecular weight excluding hydrogens is 212 g/mol. The van der Waals surface area contributed by atoms with Crippen molar-refractivity contribution in [3.63, 3.8) is 0 Å². The minimum Gasteiger partial charge on any atom is -0.391 e. The third-order valence-electron chi connectivity index (χ3n) is 1.96. The summed E-state index contributed by atoms with van der Waals surface area (Å²) in [6.45, 7) is 3.95. The van der Waals surface area contributed by atoms with Crippen LogP contribution in [-0.4, -0.2) is 36.5 Å². The Labute approximate surface area is 94.3 Å². The summed E-state index contributed by atoms with van der Waals surface area (Å²) in [5, 5.41) is 15.7. The van der Waals surface area contributed by atoms with Crippen LogP contribution in [0.25, 0.3) is 0 Å². The molecule has 4 nitrogen and oxygen atoms in total. The first-order valence-corrected chi connectivity index (χ1v) is 5.89. The molecular formula is C10H18N2O2S. The van der Waals surface area contributed by atoms with E-state index in [1.165, 1.54) is 0 Å². The van der Waals surface area contributed by atoms with Gasteiger partial charge in [0.2, 0.25) is 0 Å². The molecule has 5 heteroatoms. The van der Waals surface area contributed by atoms with Gasteiger partial charge in [0.25, 0.3) is 0 Å².